The summed E-state index contributed by atoms with van der Waals surface area (Å²) in [5, 5.41) is 19.7. The Kier molecular flexibility index (Phi) is 7.08. The zero-order valence-electron chi connectivity index (χ0n) is 14.1. The zero-order chi connectivity index (χ0) is 23.1. The highest BCUT2D eigenvalue weighted by atomic mass is 31.3. The summed E-state index contributed by atoms with van der Waals surface area (Å²) in [4.78, 5) is 59.7. The fourth-order valence-electron chi connectivity index (χ4n) is 2.19. The van der Waals surface area contributed by atoms with Gasteiger partial charge in [-0.05, 0) is 0 Å². The van der Waals surface area contributed by atoms with Gasteiger partial charge in [0.25, 0.3) is 11.4 Å². The predicted octanol–water partition coefficient (Wildman–Crippen LogP) is -2.20. The molecule has 1 aliphatic rings. The summed E-state index contributed by atoms with van der Waals surface area (Å²) in [6.45, 7) is -1.75. The van der Waals surface area contributed by atoms with E-state index in [4.69, 9.17) is 14.7 Å². The maximum Gasteiger partial charge on any atom is 0.490 e. The topological polar surface area (TPSA) is 264 Å². The Bertz CT molecular complexity index is 1050. The largest absolute Gasteiger partial charge is 0.490 e. The van der Waals surface area contributed by atoms with Gasteiger partial charge < -0.3 is 34.5 Å². The molecule has 1 fully saturated rings. The standard InChI is InChI=1S/C9H14FN2O15P3/c10-9(3-24-29(20,21)27-30(22,23)26-28(17,18)19)6(15)5(14)7(25-9)12-2-1-4(13)11-8(12)16/h1-2,5-7,14-15H,3H2,(H,20,21)(H,22,23)(H,11,13,16)(H2,17,18,19)/t5-,6+,7?,9-/m1/s1. The van der Waals surface area contributed by atoms with E-state index in [1.165, 1.54) is 0 Å². The van der Waals surface area contributed by atoms with E-state index >= 15 is 0 Å². The van der Waals surface area contributed by atoms with Gasteiger partial charge in [0, 0.05) is 12.3 Å². The van der Waals surface area contributed by atoms with Crippen molar-refractivity contribution in [3.05, 3.63) is 33.1 Å². The number of H-pyrrole nitrogens is 1. The molecular formula is C9H14FN2O15P3. The number of hydrogen-bond acceptors (Lipinski definition) is 11. The molecule has 6 atom stereocenters. The average molecular weight is 502 g/mol. The third kappa shape index (κ3) is 6.21. The van der Waals surface area contributed by atoms with Crippen LogP contribution >= 0.6 is 23.5 Å². The van der Waals surface area contributed by atoms with Crippen LogP contribution in [0.2, 0.25) is 0 Å². The van der Waals surface area contributed by atoms with E-state index in [9.17, 15) is 42.8 Å². The van der Waals surface area contributed by atoms with Crippen molar-refractivity contribution in [1.29, 1.82) is 0 Å². The monoisotopic (exact) mass is 502 g/mol. The third-order valence-corrected chi connectivity index (χ3v) is 7.12. The number of phosphoric ester groups is 1. The molecule has 0 saturated carbocycles. The van der Waals surface area contributed by atoms with Gasteiger partial charge in [-0.25, -0.2) is 22.9 Å². The van der Waals surface area contributed by atoms with Crippen LogP contribution in [0, 0.1) is 0 Å². The first-order valence-corrected chi connectivity index (χ1v) is 11.8. The van der Waals surface area contributed by atoms with Crippen LogP contribution in [-0.4, -0.2) is 64.0 Å². The van der Waals surface area contributed by atoms with E-state index in [1.807, 2.05) is 0 Å². The Morgan fingerprint density at radius 1 is 1.13 bits per heavy atom. The molecule has 1 saturated heterocycles. The van der Waals surface area contributed by atoms with Gasteiger partial charge in [0.15, 0.2) is 6.23 Å². The molecule has 2 rings (SSSR count). The molecule has 30 heavy (non-hydrogen) atoms. The predicted molar refractivity (Wildman–Crippen MR) is 87.1 cm³/mol. The van der Waals surface area contributed by atoms with Crippen LogP contribution in [0.1, 0.15) is 6.23 Å². The van der Waals surface area contributed by atoms with Crippen LogP contribution in [0.5, 0.6) is 0 Å². The highest BCUT2D eigenvalue weighted by molar-refractivity contribution is 7.66. The molecule has 7 N–H and O–H groups in total. The van der Waals surface area contributed by atoms with Crippen molar-refractivity contribution in [2.24, 2.45) is 0 Å². The first kappa shape index (κ1) is 25.2. The van der Waals surface area contributed by atoms with Crippen molar-refractivity contribution < 1.29 is 65.8 Å². The zero-order valence-corrected chi connectivity index (χ0v) is 16.8. The van der Waals surface area contributed by atoms with E-state index < -0.39 is 65.6 Å². The number of nitrogens with one attached hydrogen (secondary N) is 1. The number of ether oxygens (including phenoxy) is 1. The van der Waals surface area contributed by atoms with Crippen LogP contribution in [0.15, 0.2) is 21.9 Å². The normalized spacial score (nSPS) is 31.2. The third-order valence-electron chi connectivity index (χ3n) is 3.34. The molecule has 0 spiro atoms. The number of hydrogen-bond donors (Lipinski definition) is 7. The highest BCUT2D eigenvalue weighted by Crippen LogP contribution is 2.66. The Hall–Kier alpha value is -1.10. The maximum atomic E-state index is 14.8. The molecule has 0 aromatic carbocycles. The number of rotatable bonds is 8. The molecular weight excluding hydrogens is 488 g/mol. The van der Waals surface area contributed by atoms with Gasteiger partial charge in [0.1, 0.15) is 18.8 Å². The van der Waals surface area contributed by atoms with Crippen molar-refractivity contribution in [2.45, 2.75) is 24.3 Å². The molecule has 17 nitrogen and oxygen atoms in total. The minimum atomic E-state index is -5.87. The second kappa shape index (κ2) is 8.44. The molecule has 3 unspecified atom stereocenters. The number of aliphatic hydroxyl groups excluding tert-OH is 2. The lowest BCUT2D eigenvalue weighted by Gasteiger charge is -2.24. The molecule has 1 aromatic heterocycles. The van der Waals surface area contributed by atoms with Crippen LogP contribution in [0.25, 0.3) is 0 Å². The fourth-order valence-corrected chi connectivity index (χ4v) is 5.23. The van der Waals surface area contributed by atoms with Crippen LogP contribution in [-0.2, 0) is 31.6 Å². The minimum Gasteiger partial charge on any atom is -0.385 e. The van der Waals surface area contributed by atoms with E-state index in [0.29, 0.717) is 4.57 Å². The van der Waals surface area contributed by atoms with Crippen molar-refractivity contribution >= 4 is 23.5 Å². The van der Waals surface area contributed by atoms with Gasteiger partial charge in [-0.3, -0.25) is 18.9 Å². The second-order valence-corrected chi connectivity index (χ2v) is 10.0. The lowest BCUT2D eigenvalue weighted by Crippen LogP contribution is -2.43. The van der Waals surface area contributed by atoms with E-state index in [2.05, 4.69) is 17.9 Å². The smallest absolute Gasteiger partial charge is 0.385 e. The molecule has 2 heterocycles. The number of aliphatic hydroxyl groups is 2. The van der Waals surface area contributed by atoms with Gasteiger partial charge in [0.2, 0.25) is 0 Å². The average Bonchev–Trinajstić information content (AvgIpc) is 2.75. The Morgan fingerprint density at radius 2 is 1.73 bits per heavy atom. The van der Waals surface area contributed by atoms with Gasteiger partial charge in [-0.15, -0.1) is 0 Å². The Balaban J connectivity index is 2.15. The van der Waals surface area contributed by atoms with Gasteiger partial charge in [0.05, 0.1) is 0 Å². The molecule has 0 aliphatic carbocycles. The molecule has 172 valence electrons. The lowest BCUT2D eigenvalue weighted by molar-refractivity contribution is -0.204. The van der Waals surface area contributed by atoms with Crippen molar-refractivity contribution in [2.75, 3.05) is 6.61 Å². The number of aromatic amines is 1. The minimum absolute atomic E-state index is 0.474. The first-order valence-electron chi connectivity index (χ1n) is 7.27. The second-order valence-electron chi connectivity index (χ2n) is 5.61. The summed E-state index contributed by atoms with van der Waals surface area (Å²) in [6, 6.07) is 0.800. The number of phosphoric acid groups is 3. The Morgan fingerprint density at radius 3 is 2.27 bits per heavy atom. The summed E-state index contributed by atoms with van der Waals surface area (Å²) in [5.41, 5.74) is -2.01. The van der Waals surface area contributed by atoms with Crippen molar-refractivity contribution in [3.63, 3.8) is 0 Å². The quantitative estimate of drug-likeness (QED) is 0.186. The first-order chi connectivity index (χ1) is 13.4. The molecule has 0 amide bonds. The Labute approximate surface area is 163 Å². The molecule has 0 bridgehead atoms. The van der Waals surface area contributed by atoms with Crippen molar-refractivity contribution in [3.8, 4) is 0 Å². The lowest BCUT2D eigenvalue weighted by atomic mass is 10.1. The van der Waals surface area contributed by atoms with Gasteiger partial charge in [-0.2, -0.15) is 8.62 Å². The fraction of sp³-hybridized carbons (Fsp3) is 0.556. The van der Waals surface area contributed by atoms with E-state index in [1.54, 1.807) is 4.98 Å². The van der Waals surface area contributed by atoms with Crippen LogP contribution in [0.3, 0.4) is 0 Å². The number of aromatic nitrogens is 2. The van der Waals surface area contributed by atoms with Crippen LogP contribution < -0.4 is 11.2 Å². The van der Waals surface area contributed by atoms with Crippen molar-refractivity contribution in [1.82, 2.24) is 9.55 Å². The summed E-state index contributed by atoms with van der Waals surface area (Å²) in [5.74, 6) is -3.50. The van der Waals surface area contributed by atoms with E-state index in [-0.39, 0.29) is 0 Å². The summed E-state index contributed by atoms with van der Waals surface area (Å²) in [6.07, 6.45) is -5.83. The molecule has 0 radical (unpaired) electrons. The van der Waals surface area contributed by atoms with Gasteiger partial charge >= 0.3 is 29.2 Å². The summed E-state index contributed by atoms with van der Waals surface area (Å²) in [7, 11) is -17.3. The number of nitrogens with zero attached hydrogens (tertiary/aromatic N) is 1. The summed E-state index contributed by atoms with van der Waals surface area (Å²) >= 11 is 0. The SMILES string of the molecule is O=c1ccn(C2O[C@](F)(COP(=O)(O)OP(=O)(O)OP(=O)(O)O)[C@@H](O)[C@H]2O)c(=O)[nH]1. The summed E-state index contributed by atoms with van der Waals surface area (Å²) < 4.78 is 64.2. The number of halogens is 1. The van der Waals surface area contributed by atoms with Gasteiger partial charge in [-0.1, -0.05) is 0 Å². The maximum absolute atomic E-state index is 14.8. The van der Waals surface area contributed by atoms with Crippen LogP contribution in [0.4, 0.5) is 4.39 Å². The molecule has 1 aromatic rings. The number of alkyl halides is 1. The molecule has 21 heteroatoms. The highest BCUT2D eigenvalue weighted by Gasteiger charge is 2.57. The molecule has 1 aliphatic heterocycles. The van der Waals surface area contributed by atoms with E-state index in [0.717, 1.165) is 12.3 Å².